The average Bonchev–Trinajstić information content (AvgIpc) is 3.92. The molecule has 10 aromatic rings. The Morgan fingerprint density at radius 1 is 0.553 bits per heavy atom. The standard InChI is InChI=1S/C40H23N5OS/c1-2-10-24(11-3-1)39-41-31-22-25(19-21-36(31)47-39)37-42-38(26-18-20-30-29-14-6-9-17-34(29)46-35(30)23-26)44-40(43-37)45-32-15-7-4-12-27(32)28-13-5-8-16-33(28)45/h1-23H/i4D,5D,7D,8D,12D,13D,15D,16D. The number of nitrogens with zero attached hydrogens (tertiary/aromatic N) is 5. The first-order valence-corrected chi connectivity index (χ1v) is 15.6. The van der Waals surface area contributed by atoms with Gasteiger partial charge in [0, 0.05) is 38.2 Å². The first-order chi connectivity index (χ1) is 26.6. The Balaban J connectivity index is 1.29. The zero-order chi connectivity index (χ0) is 37.9. The fourth-order valence-electron chi connectivity index (χ4n) is 5.98. The van der Waals surface area contributed by atoms with Crippen LogP contribution in [0, 0.1) is 0 Å². The van der Waals surface area contributed by atoms with E-state index in [9.17, 15) is 0 Å². The van der Waals surface area contributed by atoms with Crippen LogP contribution in [0.5, 0.6) is 0 Å². The van der Waals surface area contributed by atoms with Crippen molar-refractivity contribution in [1.29, 1.82) is 0 Å². The number of aromatic nitrogens is 5. The van der Waals surface area contributed by atoms with E-state index in [0.717, 1.165) is 26.0 Å². The van der Waals surface area contributed by atoms with Crippen LogP contribution in [-0.2, 0) is 0 Å². The molecule has 7 heteroatoms. The lowest BCUT2D eigenvalue weighted by Gasteiger charge is -2.11. The number of furan rings is 1. The van der Waals surface area contributed by atoms with Crippen molar-refractivity contribution in [3.05, 3.63) is 139 Å². The maximum Gasteiger partial charge on any atom is 0.238 e. The molecule has 4 aromatic heterocycles. The highest BCUT2D eigenvalue weighted by Gasteiger charge is 2.19. The summed E-state index contributed by atoms with van der Waals surface area (Å²) < 4.78 is 78.2. The zero-order valence-electron chi connectivity index (χ0n) is 32.2. The minimum atomic E-state index is -0.537. The molecular weight excluding hydrogens is 599 g/mol. The van der Waals surface area contributed by atoms with Crippen LogP contribution in [-0.4, -0.2) is 24.5 Å². The Morgan fingerprint density at radius 2 is 1.21 bits per heavy atom. The third-order valence-electron chi connectivity index (χ3n) is 8.16. The summed E-state index contributed by atoms with van der Waals surface area (Å²) >= 11 is 1.55. The summed E-state index contributed by atoms with van der Waals surface area (Å²) in [7, 11) is 0. The second kappa shape index (κ2) is 10.2. The molecule has 4 heterocycles. The molecule has 6 nitrogen and oxygen atoms in total. The predicted octanol–water partition coefficient (Wildman–Crippen LogP) is 10.5. The molecule has 6 aromatic carbocycles. The van der Waals surface area contributed by atoms with E-state index in [0.29, 0.717) is 27.8 Å². The molecule has 0 saturated heterocycles. The van der Waals surface area contributed by atoms with Gasteiger partial charge in [-0.15, -0.1) is 11.3 Å². The molecule has 220 valence electrons. The van der Waals surface area contributed by atoms with Crippen molar-refractivity contribution in [2.45, 2.75) is 0 Å². The molecule has 0 amide bonds. The third-order valence-corrected chi connectivity index (χ3v) is 9.25. The Hall–Kier alpha value is -6.18. The Labute approximate surface area is 283 Å². The highest BCUT2D eigenvalue weighted by Crippen LogP contribution is 2.36. The van der Waals surface area contributed by atoms with Gasteiger partial charge in [-0.3, -0.25) is 4.57 Å². The topological polar surface area (TPSA) is 69.6 Å². The zero-order valence-corrected chi connectivity index (χ0v) is 25.0. The van der Waals surface area contributed by atoms with E-state index in [4.69, 9.17) is 35.3 Å². The van der Waals surface area contributed by atoms with Crippen LogP contribution < -0.4 is 0 Å². The molecule has 0 radical (unpaired) electrons. The van der Waals surface area contributed by atoms with Crippen LogP contribution in [0.2, 0.25) is 0 Å². The molecular formula is C40H23N5OS. The fraction of sp³-hybridized carbons (Fsp3) is 0. The van der Waals surface area contributed by atoms with Crippen LogP contribution in [0.3, 0.4) is 0 Å². The summed E-state index contributed by atoms with van der Waals surface area (Å²) in [5.74, 6) is 0.294. The second-order valence-electron chi connectivity index (χ2n) is 10.9. The number of para-hydroxylation sites is 3. The molecule has 0 saturated carbocycles. The summed E-state index contributed by atoms with van der Waals surface area (Å²) in [6.07, 6.45) is 0. The van der Waals surface area contributed by atoms with Gasteiger partial charge < -0.3 is 4.42 Å². The number of fused-ring (bicyclic) bond motifs is 7. The molecule has 0 aliphatic carbocycles. The van der Waals surface area contributed by atoms with Gasteiger partial charge in [-0.25, -0.2) is 9.97 Å². The summed E-state index contributed by atoms with van der Waals surface area (Å²) in [6.45, 7) is 0. The van der Waals surface area contributed by atoms with E-state index >= 15 is 0 Å². The Morgan fingerprint density at radius 3 is 2.00 bits per heavy atom. The molecule has 0 spiro atoms. The molecule has 0 fully saturated rings. The minimum absolute atomic E-state index is 0.0717. The number of thiazole rings is 1. The molecule has 0 bridgehead atoms. The van der Waals surface area contributed by atoms with E-state index in [1.807, 2.05) is 91.0 Å². The van der Waals surface area contributed by atoms with Crippen molar-refractivity contribution in [2.75, 3.05) is 0 Å². The third kappa shape index (κ3) is 4.17. The normalized spacial score (nSPS) is 14.2. The highest BCUT2D eigenvalue weighted by atomic mass is 32.1. The number of hydrogen-bond donors (Lipinski definition) is 0. The molecule has 0 unspecified atom stereocenters. The molecule has 0 atom stereocenters. The van der Waals surface area contributed by atoms with E-state index < -0.39 is 48.3 Å². The molecule has 0 N–H and O–H groups in total. The van der Waals surface area contributed by atoms with Gasteiger partial charge in [0.05, 0.1) is 32.2 Å². The molecule has 0 aliphatic rings. The second-order valence-corrected chi connectivity index (χ2v) is 12.0. The van der Waals surface area contributed by atoms with Crippen molar-refractivity contribution < 1.29 is 15.4 Å². The van der Waals surface area contributed by atoms with E-state index in [1.165, 1.54) is 4.57 Å². The first-order valence-electron chi connectivity index (χ1n) is 18.7. The predicted molar refractivity (Wildman–Crippen MR) is 191 cm³/mol. The smallest absolute Gasteiger partial charge is 0.238 e. The lowest BCUT2D eigenvalue weighted by molar-refractivity contribution is 0.669. The van der Waals surface area contributed by atoms with Crippen LogP contribution in [0.15, 0.2) is 144 Å². The van der Waals surface area contributed by atoms with Crippen molar-refractivity contribution in [3.8, 4) is 39.3 Å². The van der Waals surface area contributed by atoms with Gasteiger partial charge in [0.25, 0.3) is 0 Å². The van der Waals surface area contributed by atoms with Crippen molar-refractivity contribution in [1.82, 2.24) is 24.5 Å². The van der Waals surface area contributed by atoms with Gasteiger partial charge in [0.15, 0.2) is 11.6 Å². The van der Waals surface area contributed by atoms with E-state index in [1.54, 1.807) is 11.3 Å². The fourth-order valence-corrected chi connectivity index (χ4v) is 6.93. The van der Waals surface area contributed by atoms with Crippen molar-refractivity contribution >= 4 is 65.3 Å². The summed E-state index contributed by atoms with van der Waals surface area (Å²) in [6, 6.07) is 24.9. The van der Waals surface area contributed by atoms with Gasteiger partial charge in [0.1, 0.15) is 16.2 Å². The number of hydrogen-bond acceptors (Lipinski definition) is 6. The Bertz CT molecular complexity index is 3190. The summed E-state index contributed by atoms with van der Waals surface area (Å²) in [5, 5.41) is 2.54. The Kier molecular flexibility index (Phi) is 4.19. The van der Waals surface area contributed by atoms with E-state index in [-0.39, 0.29) is 39.4 Å². The van der Waals surface area contributed by atoms with Crippen LogP contribution in [0.1, 0.15) is 11.0 Å². The minimum Gasteiger partial charge on any atom is -0.456 e. The SMILES string of the molecule is [2H]c1c([2H])c([2H])c2c(c1[2H])c1c([2H])c([2H])c([2H])c([2H])c1n2-c1nc(-c2ccc3sc(-c4ccccc4)nc3c2)nc(-c2ccc3c(c2)oc2ccccc23)n1. The summed E-state index contributed by atoms with van der Waals surface area (Å²) in [4.78, 5) is 19.6. The van der Waals surface area contributed by atoms with E-state index in [2.05, 4.69) is 0 Å². The largest absolute Gasteiger partial charge is 0.456 e. The maximum absolute atomic E-state index is 9.02. The van der Waals surface area contributed by atoms with Gasteiger partial charge in [-0.1, -0.05) is 90.9 Å². The van der Waals surface area contributed by atoms with Gasteiger partial charge >= 0.3 is 0 Å². The van der Waals surface area contributed by atoms with Crippen molar-refractivity contribution in [3.63, 3.8) is 0 Å². The quantitative estimate of drug-likeness (QED) is 0.194. The van der Waals surface area contributed by atoms with Gasteiger partial charge in [-0.05, 0) is 48.5 Å². The lowest BCUT2D eigenvalue weighted by atomic mass is 10.1. The van der Waals surface area contributed by atoms with Crippen LogP contribution in [0.25, 0.3) is 93.3 Å². The van der Waals surface area contributed by atoms with Gasteiger partial charge in [-0.2, -0.15) is 9.97 Å². The molecule has 47 heavy (non-hydrogen) atoms. The first kappa shape index (κ1) is 19.4. The number of rotatable bonds is 4. The lowest BCUT2D eigenvalue weighted by Crippen LogP contribution is -2.06. The van der Waals surface area contributed by atoms with Crippen LogP contribution >= 0.6 is 11.3 Å². The molecule has 0 aliphatic heterocycles. The number of benzene rings is 6. The monoisotopic (exact) mass is 629 g/mol. The summed E-state index contributed by atoms with van der Waals surface area (Å²) in [5.41, 5.74) is 3.97. The average molecular weight is 630 g/mol. The van der Waals surface area contributed by atoms with Gasteiger partial charge in [0.2, 0.25) is 5.95 Å². The molecule has 10 rings (SSSR count). The van der Waals surface area contributed by atoms with Crippen molar-refractivity contribution in [2.24, 2.45) is 0 Å². The maximum atomic E-state index is 9.02. The highest BCUT2D eigenvalue weighted by molar-refractivity contribution is 7.21. The van der Waals surface area contributed by atoms with Crippen LogP contribution in [0.4, 0.5) is 0 Å².